The highest BCUT2D eigenvalue weighted by Gasteiger charge is 2.23. The fraction of sp³-hybridized carbons (Fsp3) is 0.200. The molecular formula is C15H11BrClN3. The van der Waals surface area contributed by atoms with E-state index in [2.05, 4.69) is 31.9 Å². The molecular weight excluding hydrogens is 338 g/mol. The van der Waals surface area contributed by atoms with Gasteiger partial charge in [0.2, 0.25) is 0 Å². The van der Waals surface area contributed by atoms with Gasteiger partial charge in [0.15, 0.2) is 0 Å². The van der Waals surface area contributed by atoms with E-state index in [0.717, 1.165) is 33.8 Å². The Morgan fingerprint density at radius 1 is 1.30 bits per heavy atom. The van der Waals surface area contributed by atoms with Gasteiger partial charge in [-0.15, -0.1) is 0 Å². The molecule has 0 amide bonds. The number of nitriles is 1. The van der Waals surface area contributed by atoms with Gasteiger partial charge < -0.3 is 4.90 Å². The third kappa shape index (κ3) is 2.28. The van der Waals surface area contributed by atoms with Gasteiger partial charge in [0.25, 0.3) is 0 Å². The first-order valence-electron chi connectivity index (χ1n) is 6.26. The summed E-state index contributed by atoms with van der Waals surface area (Å²) in [5.41, 5.74) is 2.96. The number of benzene rings is 1. The number of hydrogen-bond acceptors (Lipinski definition) is 3. The third-order valence-corrected chi connectivity index (χ3v) is 4.60. The van der Waals surface area contributed by atoms with Gasteiger partial charge in [-0.2, -0.15) is 5.26 Å². The molecule has 3 rings (SSSR count). The van der Waals surface area contributed by atoms with Crippen molar-refractivity contribution in [2.45, 2.75) is 13.0 Å². The lowest BCUT2D eigenvalue weighted by Gasteiger charge is -2.31. The summed E-state index contributed by atoms with van der Waals surface area (Å²) >= 11 is 9.88. The van der Waals surface area contributed by atoms with Crippen molar-refractivity contribution in [3.63, 3.8) is 0 Å². The zero-order valence-electron chi connectivity index (χ0n) is 10.6. The highest BCUT2D eigenvalue weighted by Crippen LogP contribution is 2.33. The molecule has 100 valence electrons. The van der Waals surface area contributed by atoms with Crippen LogP contribution in [0.5, 0.6) is 0 Å². The van der Waals surface area contributed by atoms with Gasteiger partial charge in [0.05, 0.1) is 5.56 Å². The Kier molecular flexibility index (Phi) is 3.64. The van der Waals surface area contributed by atoms with Crippen LogP contribution in [0.1, 0.15) is 16.7 Å². The van der Waals surface area contributed by atoms with Gasteiger partial charge in [-0.25, -0.2) is 4.98 Å². The van der Waals surface area contributed by atoms with Crippen LogP contribution in [-0.2, 0) is 13.0 Å². The monoisotopic (exact) mass is 347 g/mol. The second-order valence-corrected chi connectivity index (χ2v) is 5.91. The summed E-state index contributed by atoms with van der Waals surface area (Å²) in [5.74, 6) is 0.733. The van der Waals surface area contributed by atoms with E-state index in [9.17, 15) is 5.26 Å². The van der Waals surface area contributed by atoms with Gasteiger partial charge >= 0.3 is 0 Å². The van der Waals surface area contributed by atoms with E-state index in [4.69, 9.17) is 11.6 Å². The zero-order valence-corrected chi connectivity index (χ0v) is 12.9. The van der Waals surface area contributed by atoms with Crippen molar-refractivity contribution in [3.8, 4) is 6.07 Å². The fourth-order valence-corrected chi connectivity index (χ4v) is 3.32. The molecule has 20 heavy (non-hydrogen) atoms. The molecule has 1 aromatic carbocycles. The number of nitrogens with zero attached hydrogens (tertiary/aromatic N) is 3. The summed E-state index contributed by atoms with van der Waals surface area (Å²) in [6, 6.07) is 9.65. The van der Waals surface area contributed by atoms with E-state index < -0.39 is 0 Å². The van der Waals surface area contributed by atoms with Gasteiger partial charge in [0.1, 0.15) is 11.9 Å². The fourth-order valence-electron chi connectivity index (χ4n) is 2.51. The molecule has 0 atom stereocenters. The number of aromatic nitrogens is 1. The number of halogens is 2. The quantitative estimate of drug-likeness (QED) is 0.784. The molecule has 1 aromatic heterocycles. The number of anilines is 1. The highest BCUT2D eigenvalue weighted by molar-refractivity contribution is 9.10. The van der Waals surface area contributed by atoms with E-state index in [1.807, 2.05) is 12.1 Å². The van der Waals surface area contributed by atoms with Crippen molar-refractivity contribution in [2.24, 2.45) is 0 Å². The SMILES string of the molecule is N#Cc1cccnc1N1CCc2c(Br)ccc(Cl)c2C1. The molecule has 2 aromatic rings. The Morgan fingerprint density at radius 2 is 2.15 bits per heavy atom. The van der Waals surface area contributed by atoms with Crippen molar-refractivity contribution < 1.29 is 0 Å². The molecule has 1 aliphatic heterocycles. The van der Waals surface area contributed by atoms with Crippen LogP contribution in [0, 0.1) is 11.3 Å². The molecule has 5 heteroatoms. The minimum absolute atomic E-state index is 0.599. The van der Waals surface area contributed by atoms with Crippen LogP contribution in [0.15, 0.2) is 34.9 Å². The first-order chi connectivity index (χ1) is 9.70. The summed E-state index contributed by atoms with van der Waals surface area (Å²) in [6.07, 6.45) is 2.60. The van der Waals surface area contributed by atoms with Crippen molar-refractivity contribution in [1.29, 1.82) is 5.26 Å². The van der Waals surface area contributed by atoms with Crippen LogP contribution in [-0.4, -0.2) is 11.5 Å². The Bertz CT molecular complexity index is 709. The van der Waals surface area contributed by atoms with Crippen LogP contribution in [0.4, 0.5) is 5.82 Å². The van der Waals surface area contributed by atoms with E-state index in [0.29, 0.717) is 12.1 Å². The van der Waals surface area contributed by atoms with Gasteiger partial charge in [0, 0.05) is 28.8 Å². The lowest BCUT2D eigenvalue weighted by atomic mass is 9.99. The van der Waals surface area contributed by atoms with Crippen LogP contribution in [0.3, 0.4) is 0 Å². The predicted octanol–water partition coefficient (Wildman–Crippen LogP) is 3.93. The van der Waals surface area contributed by atoms with Gasteiger partial charge in [-0.05, 0) is 41.8 Å². The van der Waals surface area contributed by atoms with Crippen molar-refractivity contribution >= 4 is 33.3 Å². The largest absolute Gasteiger partial charge is 0.351 e. The summed E-state index contributed by atoms with van der Waals surface area (Å²) in [7, 11) is 0. The zero-order chi connectivity index (χ0) is 14.1. The van der Waals surface area contributed by atoms with Crippen LogP contribution < -0.4 is 4.90 Å². The average Bonchev–Trinajstić information content (AvgIpc) is 2.50. The second kappa shape index (κ2) is 5.43. The standard InChI is InChI=1S/C15H11BrClN3/c16-13-3-4-14(17)12-9-20(7-5-11(12)13)15-10(8-18)2-1-6-19-15/h1-4,6H,5,7,9H2. The molecule has 0 saturated carbocycles. The molecule has 0 saturated heterocycles. The van der Waals surface area contributed by atoms with Crippen LogP contribution in [0.25, 0.3) is 0 Å². The second-order valence-electron chi connectivity index (χ2n) is 4.64. The topological polar surface area (TPSA) is 39.9 Å². The first kappa shape index (κ1) is 13.4. The Hall–Kier alpha value is -1.57. The predicted molar refractivity (Wildman–Crippen MR) is 82.9 cm³/mol. The summed E-state index contributed by atoms with van der Waals surface area (Å²) in [5, 5.41) is 9.96. The molecule has 3 nitrogen and oxygen atoms in total. The van der Waals surface area contributed by atoms with Crippen molar-refractivity contribution in [3.05, 3.63) is 56.6 Å². The molecule has 0 spiro atoms. The molecule has 0 fully saturated rings. The van der Waals surface area contributed by atoms with E-state index in [1.54, 1.807) is 18.3 Å². The van der Waals surface area contributed by atoms with E-state index >= 15 is 0 Å². The molecule has 0 radical (unpaired) electrons. The smallest absolute Gasteiger partial charge is 0.146 e. The maximum atomic E-state index is 9.19. The Balaban J connectivity index is 2.01. The molecule has 1 aliphatic rings. The summed E-state index contributed by atoms with van der Waals surface area (Å²) in [6.45, 7) is 1.51. The lowest BCUT2D eigenvalue weighted by molar-refractivity contribution is 0.717. The van der Waals surface area contributed by atoms with Crippen molar-refractivity contribution in [2.75, 3.05) is 11.4 Å². The lowest BCUT2D eigenvalue weighted by Crippen LogP contribution is -2.32. The number of fused-ring (bicyclic) bond motifs is 1. The number of pyridine rings is 1. The highest BCUT2D eigenvalue weighted by atomic mass is 79.9. The number of hydrogen-bond donors (Lipinski definition) is 0. The average molecular weight is 349 g/mol. The van der Waals surface area contributed by atoms with Crippen LogP contribution >= 0.6 is 27.5 Å². The Morgan fingerprint density at radius 3 is 2.95 bits per heavy atom. The first-order valence-corrected chi connectivity index (χ1v) is 7.43. The molecule has 0 aliphatic carbocycles. The summed E-state index contributed by atoms with van der Waals surface area (Å²) in [4.78, 5) is 6.46. The van der Waals surface area contributed by atoms with E-state index in [-0.39, 0.29) is 0 Å². The summed E-state index contributed by atoms with van der Waals surface area (Å²) < 4.78 is 1.10. The van der Waals surface area contributed by atoms with E-state index in [1.165, 1.54) is 5.56 Å². The van der Waals surface area contributed by atoms with Crippen LogP contribution in [0.2, 0.25) is 5.02 Å². The minimum Gasteiger partial charge on any atom is -0.351 e. The number of rotatable bonds is 1. The molecule has 0 bridgehead atoms. The minimum atomic E-state index is 0.599. The molecule has 2 heterocycles. The normalized spacial score (nSPS) is 13.8. The molecule has 0 N–H and O–H groups in total. The Labute approximate surface area is 130 Å². The van der Waals surface area contributed by atoms with Crippen molar-refractivity contribution in [1.82, 2.24) is 4.98 Å². The maximum Gasteiger partial charge on any atom is 0.146 e. The maximum absolute atomic E-state index is 9.19. The van der Waals surface area contributed by atoms with Gasteiger partial charge in [-0.3, -0.25) is 0 Å². The molecule has 0 unspecified atom stereocenters. The van der Waals surface area contributed by atoms with Gasteiger partial charge in [-0.1, -0.05) is 27.5 Å². The third-order valence-electron chi connectivity index (χ3n) is 3.50.